The number of unbranched alkanes of at least 4 members (excludes halogenated alkanes) is 1. The van der Waals surface area contributed by atoms with Gasteiger partial charge in [0.2, 0.25) is 5.91 Å². The maximum absolute atomic E-state index is 11.5. The summed E-state index contributed by atoms with van der Waals surface area (Å²) in [4.78, 5) is 24.2. The van der Waals surface area contributed by atoms with Crippen molar-refractivity contribution in [1.82, 2.24) is 10.2 Å². The lowest BCUT2D eigenvalue weighted by Gasteiger charge is -2.13. The van der Waals surface area contributed by atoms with Crippen molar-refractivity contribution in [2.24, 2.45) is 0 Å². The number of aliphatic hydroxyl groups excluding tert-OH is 1. The first-order chi connectivity index (χ1) is 10.9. The number of carbonyl (C=O) groups is 2. The molecule has 0 aromatic heterocycles. The zero-order chi connectivity index (χ0) is 17.2. The molecule has 0 aliphatic heterocycles. The fraction of sp³-hybridized carbons (Fsp3) is 0.529. The molecule has 0 saturated heterocycles. The fourth-order valence-corrected chi connectivity index (χ4v) is 2.12. The molecular weight excluding hydrogens is 296 g/mol. The lowest BCUT2D eigenvalue weighted by molar-refractivity contribution is -0.140. The molecule has 1 unspecified atom stereocenters. The predicted octanol–water partition coefficient (Wildman–Crippen LogP) is 1.24. The molecular formula is C17H26N2O4. The average Bonchev–Trinajstić information content (AvgIpc) is 2.56. The minimum absolute atomic E-state index is 0.0471. The van der Waals surface area contributed by atoms with Crippen LogP contribution in [-0.4, -0.2) is 49.6 Å². The second-order valence-electron chi connectivity index (χ2n) is 5.60. The molecule has 0 fully saturated rings. The zero-order valence-corrected chi connectivity index (χ0v) is 14.0. The fourth-order valence-electron chi connectivity index (χ4n) is 2.12. The minimum atomic E-state index is -0.913. The standard InChI is InChI=1S/C17H26N2O4/c1-19(2)15(20)10-5-4-7-13-8-6-9-14(11-13)17(22)18-12-16(21)23-3/h6,8-9,11,17-18,22H,4-5,7,10,12H2,1-3H3. The Morgan fingerprint density at radius 3 is 2.70 bits per heavy atom. The van der Waals surface area contributed by atoms with Gasteiger partial charge >= 0.3 is 5.97 Å². The van der Waals surface area contributed by atoms with Crippen LogP contribution in [0.25, 0.3) is 0 Å². The lowest BCUT2D eigenvalue weighted by atomic mass is 10.0. The van der Waals surface area contributed by atoms with E-state index in [2.05, 4.69) is 10.1 Å². The highest BCUT2D eigenvalue weighted by atomic mass is 16.5. The molecule has 0 aliphatic carbocycles. The Morgan fingerprint density at radius 1 is 1.30 bits per heavy atom. The minimum Gasteiger partial charge on any atom is -0.468 e. The van der Waals surface area contributed by atoms with Gasteiger partial charge < -0.3 is 14.7 Å². The van der Waals surface area contributed by atoms with E-state index in [0.717, 1.165) is 24.8 Å². The number of ether oxygens (including phenoxy) is 1. The third kappa shape index (κ3) is 7.25. The third-order valence-corrected chi connectivity index (χ3v) is 3.54. The van der Waals surface area contributed by atoms with E-state index < -0.39 is 12.2 Å². The second-order valence-corrected chi connectivity index (χ2v) is 5.60. The van der Waals surface area contributed by atoms with Gasteiger partial charge in [-0.25, -0.2) is 0 Å². The third-order valence-electron chi connectivity index (χ3n) is 3.54. The van der Waals surface area contributed by atoms with E-state index in [4.69, 9.17) is 0 Å². The molecule has 0 bridgehead atoms. The predicted molar refractivity (Wildman–Crippen MR) is 87.7 cm³/mol. The van der Waals surface area contributed by atoms with Gasteiger partial charge in [0.1, 0.15) is 6.23 Å². The van der Waals surface area contributed by atoms with E-state index >= 15 is 0 Å². The topological polar surface area (TPSA) is 78.9 Å². The monoisotopic (exact) mass is 322 g/mol. The molecule has 1 rings (SSSR count). The summed E-state index contributed by atoms with van der Waals surface area (Å²) < 4.78 is 4.52. The number of hydrogen-bond acceptors (Lipinski definition) is 5. The number of rotatable bonds is 9. The van der Waals surface area contributed by atoms with Crippen molar-refractivity contribution in [2.75, 3.05) is 27.7 Å². The summed E-state index contributed by atoms with van der Waals surface area (Å²) in [5, 5.41) is 12.7. The average molecular weight is 322 g/mol. The van der Waals surface area contributed by atoms with Crippen molar-refractivity contribution in [3.63, 3.8) is 0 Å². The second kappa shape index (κ2) is 9.97. The summed E-state index contributed by atoms with van der Waals surface area (Å²) in [7, 11) is 4.82. The number of aryl methyl sites for hydroxylation is 1. The van der Waals surface area contributed by atoms with Crippen LogP contribution in [0.2, 0.25) is 0 Å². The van der Waals surface area contributed by atoms with Gasteiger partial charge in [0.05, 0.1) is 13.7 Å². The summed E-state index contributed by atoms with van der Waals surface area (Å²) in [6.45, 7) is -0.0471. The van der Waals surface area contributed by atoms with E-state index in [9.17, 15) is 14.7 Å². The number of amides is 1. The Hall–Kier alpha value is -1.92. The van der Waals surface area contributed by atoms with Crippen LogP contribution in [0.15, 0.2) is 24.3 Å². The number of nitrogens with one attached hydrogen (secondary N) is 1. The Bertz CT molecular complexity index is 517. The molecule has 1 aromatic carbocycles. The molecule has 0 aliphatic rings. The number of esters is 1. The van der Waals surface area contributed by atoms with E-state index in [-0.39, 0.29) is 12.5 Å². The van der Waals surface area contributed by atoms with Gasteiger partial charge in [0, 0.05) is 20.5 Å². The van der Waals surface area contributed by atoms with Gasteiger partial charge in [-0.05, 0) is 30.4 Å². The quantitative estimate of drug-likeness (QED) is 0.406. The molecule has 1 amide bonds. The van der Waals surface area contributed by atoms with Gasteiger partial charge in [-0.15, -0.1) is 0 Å². The Kier molecular flexibility index (Phi) is 8.29. The molecule has 6 nitrogen and oxygen atoms in total. The van der Waals surface area contributed by atoms with Crippen molar-refractivity contribution < 1.29 is 19.4 Å². The summed E-state index contributed by atoms with van der Waals surface area (Å²) in [5.41, 5.74) is 1.80. The van der Waals surface area contributed by atoms with Crippen molar-refractivity contribution in [3.05, 3.63) is 35.4 Å². The number of hydrogen-bond donors (Lipinski definition) is 2. The van der Waals surface area contributed by atoms with Crippen molar-refractivity contribution in [1.29, 1.82) is 0 Å². The van der Waals surface area contributed by atoms with E-state index in [0.29, 0.717) is 12.0 Å². The smallest absolute Gasteiger partial charge is 0.319 e. The lowest BCUT2D eigenvalue weighted by Crippen LogP contribution is -2.28. The summed E-state index contributed by atoms with van der Waals surface area (Å²) >= 11 is 0. The highest BCUT2D eigenvalue weighted by molar-refractivity contribution is 5.75. The SMILES string of the molecule is COC(=O)CNC(O)c1cccc(CCCCC(=O)N(C)C)c1. The number of nitrogens with zero attached hydrogens (tertiary/aromatic N) is 1. The number of benzene rings is 1. The van der Waals surface area contributed by atoms with Crippen LogP contribution in [-0.2, 0) is 20.7 Å². The van der Waals surface area contributed by atoms with Gasteiger partial charge in [-0.3, -0.25) is 14.9 Å². The number of methoxy groups -OCH3 is 1. The summed E-state index contributed by atoms with van der Waals surface area (Å²) in [5.74, 6) is -0.285. The molecule has 6 heteroatoms. The molecule has 1 atom stereocenters. The largest absolute Gasteiger partial charge is 0.468 e. The van der Waals surface area contributed by atoms with Crippen LogP contribution < -0.4 is 5.32 Å². The van der Waals surface area contributed by atoms with Crippen LogP contribution in [0.4, 0.5) is 0 Å². The van der Waals surface area contributed by atoms with Crippen molar-refractivity contribution >= 4 is 11.9 Å². The first-order valence-electron chi connectivity index (χ1n) is 7.71. The van der Waals surface area contributed by atoms with Crippen LogP contribution in [0.5, 0.6) is 0 Å². The Balaban J connectivity index is 2.43. The van der Waals surface area contributed by atoms with Gasteiger partial charge in [-0.1, -0.05) is 24.3 Å². The van der Waals surface area contributed by atoms with Gasteiger partial charge in [-0.2, -0.15) is 0 Å². The van der Waals surface area contributed by atoms with Crippen molar-refractivity contribution in [2.45, 2.75) is 31.9 Å². The van der Waals surface area contributed by atoms with Crippen LogP contribution >= 0.6 is 0 Å². The molecule has 23 heavy (non-hydrogen) atoms. The first kappa shape index (κ1) is 19.1. The van der Waals surface area contributed by atoms with Crippen LogP contribution in [0, 0.1) is 0 Å². The molecule has 2 N–H and O–H groups in total. The molecule has 1 aromatic rings. The van der Waals surface area contributed by atoms with E-state index in [1.165, 1.54) is 7.11 Å². The summed E-state index contributed by atoms with van der Waals surface area (Å²) in [6, 6.07) is 7.57. The van der Waals surface area contributed by atoms with E-state index in [1.54, 1.807) is 25.1 Å². The van der Waals surface area contributed by atoms with Crippen LogP contribution in [0.1, 0.15) is 36.6 Å². The van der Waals surface area contributed by atoms with Crippen LogP contribution in [0.3, 0.4) is 0 Å². The number of aliphatic hydroxyl groups is 1. The molecule has 0 heterocycles. The first-order valence-corrected chi connectivity index (χ1v) is 7.71. The molecule has 0 saturated carbocycles. The number of carbonyl (C=O) groups excluding carboxylic acids is 2. The molecule has 0 spiro atoms. The Morgan fingerprint density at radius 2 is 2.04 bits per heavy atom. The van der Waals surface area contributed by atoms with E-state index in [1.807, 2.05) is 18.2 Å². The molecule has 0 radical (unpaired) electrons. The normalized spacial score (nSPS) is 11.8. The van der Waals surface area contributed by atoms with Gasteiger partial charge in [0.15, 0.2) is 0 Å². The maximum atomic E-state index is 11.5. The highest BCUT2D eigenvalue weighted by Crippen LogP contribution is 2.14. The highest BCUT2D eigenvalue weighted by Gasteiger charge is 2.10. The molecule has 128 valence electrons. The summed E-state index contributed by atoms with van der Waals surface area (Å²) in [6.07, 6.45) is 2.23. The Labute approximate surface area is 137 Å². The maximum Gasteiger partial charge on any atom is 0.319 e. The van der Waals surface area contributed by atoms with Gasteiger partial charge in [0.25, 0.3) is 0 Å². The zero-order valence-electron chi connectivity index (χ0n) is 14.0. The van der Waals surface area contributed by atoms with Crippen molar-refractivity contribution in [3.8, 4) is 0 Å².